The number of nitrogens with zero attached hydrogens (tertiary/aromatic N) is 1. The second-order valence-electron chi connectivity index (χ2n) is 5.84. The van der Waals surface area contributed by atoms with Gasteiger partial charge in [0.1, 0.15) is 0 Å². The van der Waals surface area contributed by atoms with E-state index in [0.29, 0.717) is 0 Å². The largest absolute Gasteiger partial charge is 0.333 e. The Labute approximate surface area is 149 Å². The molecule has 0 fully saturated rings. The number of carbonyl (C=O) groups excluding carboxylic acids is 1. The fourth-order valence-corrected chi connectivity index (χ4v) is 3.60. The van der Waals surface area contributed by atoms with Crippen LogP contribution in [0.3, 0.4) is 0 Å². The summed E-state index contributed by atoms with van der Waals surface area (Å²) >= 11 is 1.42. The molecule has 1 amide bonds. The number of rotatable bonds is 4. The molecule has 1 aromatic heterocycles. The lowest BCUT2D eigenvalue weighted by Crippen LogP contribution is -2.22. The highest BCUT2D eigenvalue weighted by molar-refractivity contribution is 8.00. The Kier molecular flexibility index (Phi) is 4.15. The van der Waals surface area contributed by atoms with Gasteiger partial charge >= 0.3 is 0 Å². The van der Waals surface area contributed by atoms with E-state index in [9.17, 15) is 4.79 Å². The number of hydrogen-bond acceptors (Lipinski definition) is 3. The molecule has 4 aromatic rings. The molecule has 2 N–H and O–H groups in total. The maximum Gasteiger partial charge on any atom is 0.237 e. The van der Waals surface area contributed by atoms with Gasteiger partial charge in [-0.1, -0.05) is 60.3 Å². The molecule has 0 aliphatic carbocycles. The van der Waals surface area contributed by atoms with Gasteiger partial charge in [-0.3, -0.25) is 4.79 Å². The lowest BCUT2D eigenvalue weighted by molar-refractivity contribution is -0.115. The van der Waals surface area contributed by atoms with E-state index >= 15 is 0 Å². The third kappa shape index (κ3) is 3.23. The molecule has 0 aliphatic rings. The van der Waals surface area contributed by atoms with Crippen LogP contribution in [-0.4, -0.2) is 21.1 Å². The van der Waals surface area contributed by atoms with Gasteiger partial charge in [-0.25, -0.2) is 4.98 Å². The zero-order valence-electron chi connectivity index (χ0n) is 13.7. The monoisotopic (exact) mass is 347 g/mol. The standard InChI is InChI=1S/C20H17N3OS/c1-13(25-20-22-17-10-4-5-11-18(17)23-20)19(24)21-16-12-6-8-14-7-2-3-9-15(14)16/h2-13H,1H3,(H,21,24)(H,22,23). The third-order valence-electron chi connectivity index (χ3n) is 4.07. The molecule has 0 saturated carbocycles. The number of thioether (sulfide) groups is 1. The molecule has 1 heterocycles. The van der Waals surface area contributed by atoms with E-state index in [4.69, 9.17) is 0 Å². The number of amides is 1. The Bertz CT molecular complexity index is 1020. The van der Waals surface area contributed by atoms with Crippen molar-refractivity contribution in [2.45, 2.75) is 17.3 Å². The number of nitrogens with one attached hydrogen (secondary N) is 2. The van der Waals surface area contributed by atoms with Crippen molar-refractivity contribution in [2.24, 2.45) is 0 Å². The van der Waals surface area contributed by atoms with Gasteiger partial charge in [0.25, 0.3) is 0 Å². The summed E-state index contributed by atoms with van der Waals surface area (Å²) in [7, 11) is 0. The number of para-hydroxylation sites is 2. The predicted octanol–water partition coefficient (Wildman–Crippen LogP) is 4.84. The second kappa shape index (κ2) is 6.61. The molecule has 0 radical (unpaired) electrons. The Balaban J connectivity index is 1.52. The van der Waals surface area contributed by atoms with Crippen LogP contribution in [0.25, 0.3) is 21.8 Å². The fourth-order valence-electron chi connectivity index (χ4n) is 2.77. The summed E-state index contributed by atoms with van der Waals surface area (Å²) in [6.07, 6.45) is 0. The quantitative estimate of drug-likeness (QED) is 0.520. The molecular formula is C20H17N3OS. The summed E-state index contributed by atoms with van der Waals surface area (Å²) in [6, 6.07) is 21.8. The molecule has 25 heavy (non-hydrogen) atoms. The average molecular weight is 347 g/mol. The summed E-state index contributed by atoms with van der Waals surface area (Å²) in [4.78, 5) is 20.4. The highest BCUT2D eigenvalue weighted by atomic mass is 32.2. The Morgan fingerprint density at radius 2 is 1.80 bits per heavy atom. The van der Waals surface area contributed by atoms with Gasteiger partial charge in [-0.05, 0) is 30.5 Å². The van der Waals surface area contributed by atoms with Crippen molar-refractivity contribution in [3.63, 3.8) is 0 Å². The van der Waals surface area contributed by atoms with Crippen LogP contribution in [0, 0.1) is 0 Å². The molecule has 124 valence electrons. The number of imidazole rings is 1. The van der Waals surface area contributed by atoms with Gasteiger partial charge in [0.2, 0.25) is 5.91 Å². The topological polar surface area (TPSA) is 57.8 Å². The van der Waals surface area contributed by atoms with E-state index in [1.54, 1.807) is 0 Å². The van der Waals surface area contributed by atoms with E-state index < -0.39 is 0 Å². The van der Waals surface area contributed by atoms with Crippen molar-refractivity contribution >= 4 is 45.2 Å². The Morgan fingerprint density at radius 1 is 1.04 bits per heavy atom. The smallest absolute Gasteiger partial charge is 0.237 e. The lowest BCUT2D eigenvalue weighted by atomic mass is 10.1. The molecule has 0 spiro atoms. The van der Waals surface area contributed by atoms with E-state index in [1.807, 2.05) is 73.7 Å². The SMILES string of the molecule is CC(Sc1nc2ccccc2[nH]1)C(=O)Nc1cccc2ccccc12. The highest BCUT2D eigenvalue weighted by Crippen LogP contribution is 2.26. The lowest BCUT2D eigenvalue weighted by Gasteiger charge is -2.12. The van der Waals surface area contributed by atoms with Crippen LogP contribution in [-0.2, 0) is 4.79 Å². The third-order valence-corrected chi connectivity index (χ3v) is 5.06. The van der Waals surface area contributed by atoms with Crippen LogP contribution in [0.5, 0.6) is 0 Å². The van der Waals surface area contributed by atoms with Gasteiger partial charge in [-0.2, -0.15) is 0 Å². The predicted molar refractivity (Wildman–Crippen MR) is 104 cm³/mol. The highest BCUT2D eigenvalue weighted by Gasteiger charge is 2.17. The van der Waals surface area contributed by atoms with Gasteiger partial charge < -0.3 is 10.3 Å². The fraction of sp³-hybridized carbons (Fsp3) is 0.100. The number of H-pyrrole nitrogens is 1. The van der Waals surface area contributed by atoms with Crippen molar-refractivity contribution in [2.75, 3.05) is 5.32 Å². The maximum absolute atomic E-state index is 12.6. The average Bonchev–Trinajstić information content (AvgIpc) is 3.04. The van der Waals surface area contributed by atoms with E-state index in [0.717, 1.165) is 32.6 Å². The minimum Gasteiger partial charge on any atom is -0.333 e. The summed E-state index contributed by atoms with van der Waals surface area (Å²) in [5.41, 5.74) is 2.72. The normalized spacial score (nSPS) is 12.4. The minimum absolute atomic E-state index is 0.0400. The van der Waals surface area contributed by atoms with Crippen LogP contribution < -0.4 is 5.32 Å². The maximum atomic E-state index is 12.6. The first kappa shape index (κ1) is 15.7. The van der Waals surface area contributed by atoms with Crippen LogP contribution in [0.1, 0.15) is 6.92 Å². The van der Waals surface area contributed by atoms with Gasteiger partial charge in [0.15, 0.2) is 5.16 Å². The molecule has 4 rings (SSSR count). The molecule has 1 unspecified atom stereocenters. The zero-order chi connectivity index (χ0) is 17.2. The number of fused-ring (bicyclic) bond motifs is 2. The number of anilines is 1. The first-order valence-corrected chi connectivity index (χ1v) is 8.99. The van der Waals surface area contributed by atoms with E-state index in [-0.39, 0.29) is 11.2 Å². The van der Waals surface area contributed by atoms with Gasteiger partial charge in [-0.15, -0.1) is 0 Å². The number of aromatic amines is 1. The van der Waals surface area contributed by atoms with Gasteiger partial charge in [0, 0.05) is 11.1 Å². The number of carbonyl (C=O) groups is 1. The summed E-state index contributed by atoms with van der Waals surface area (Å²) < 4.78 is 0. The first-order valence-electron chi connectivity index (χ1n) is 8.11. The van der Waals surface area contributed by atoms with Crippen molar-refractivity contribution in [3.05, 3.63) is 66.7 Å². The summed E-state index contributed by atoms with van der Waals surface area (Å²) in [6.45, 7) is 1.89. The number of hydrogen-bond donors (Lipinski definition) is 2. The van der Waals surface area contributed by atoms with Crippen molar-refractivity contribution in [3.8, 4) is 0 Å². The number of benzene rings is 3. The van der Waals surface area contributed by atoms with Gasteiger partial charge in [0.05, 0.1) is 16.3 Å². The van der Waals surface area contributed by atoms with Crippen LogP contribution >= 0.6 is 11.8 Å². The Morgan fingerprint density at radius 3 is 2.68 bits per heavy atom. The first-order chi connectivity index (χ1) is 12.2. The van der Waals surface area contributed by atoms with Crippen molar-refractivity contribution < 1.29 is 4.79 Å². The molecule has 1 atom stereocenters. The number of aromatic nitrogens is 2. The van der Waals surface area contributed by atoms with Crippen LogP contribution in [0.4, 0.5) is 5.69 Å². The van der Waals surface area contributed by atoms with E-state index in [2.05, 4.69) is 15.3 Å². The molecule has 0 aliphatic heterocycles. The molecule has 0 bridgehead atoms. The minimum atomic E-state index is -0.264. The zero-order valence-corrected chi connectivity index (χ0v) is 14.5. The van der Waals surface area contributed by atoms with Crippen molar-refractivity contribution in [1.82, 2.24) is 9.97 Å². The van der Waals surface area contributed by atoms with Crippen LogP contribution in [0.2, 0.25) is 0 Å². The van der Waals surface area contributed by atoms with E-state index in [1.165, 1.54) is 11.8 Å². The summed E-state index contributed by atoms with van der Waals surface area (Å²) in [5, 5.41) is 5.67. The van der Waals surface area contributed by atoms with Crippen molar-refractivity contribution in [1.29, 1.82) is 0 Å². The molecule has 0 saturated heterocycles. The molecular weight excluding hydrogens is 330 g/mol. The Hall–Kier alpha value is -2.79. The van der Waals surface area contributed by atoms with Crippen LogP contribution in [0.15, 0.2) is 71.9 Å². The molecule has 3 aromatic carbocycles. The second-order valence-corrected chi connectivity index (χ2v) is 7.16. The molecule has 5 heteroatoms. The molecule has 4 nitrogen and oxygen atoms in total. The summed E-state index contributed by atoms with van der Waals surface area (Å²) in [5.74, 6) is -0.0400.